The zero-order valence-electron chi connectivity index (χ0n) is 14.3. The second-order valence-electron chi connectivity index (χ2n) is 5.87. The highest BCUT2D eigenvalue weighted by molar-refractivity contribution is 9.10. The molecule has 3 aromatic rings. The Balaban J connectivity index is 1.64. The van der Waals surface area contributed by atoms with Crippen LogP contribution in [0.3, 0.4) is 0 Å². The van der Waals surface area contributed by atoms with E-state index < -0.39 is 9.84 Å². The van der Waals surface area contributed by atoms with Gasteiger partial charge in [-0.15, -0.1) is 10.2 Å². The summed E-state index contributed by atoms with van der Waals surface area (Å²) >= 11 is 4.54. The molecule has 2 aromatic carbocycles. The summed E-state index contributed by atoms with van der Waals surface area (Å²) in [5, 5.41) is 8.43. The normalized spacial score (nSPS) is 11.7. The highest BCUT2D eigenvalue weighted by atomic mass is 79.9. The number of nitrogens with zero attached hydrogens (tertiary/aromatic N) is 2. The third-order valence-electron chi connectivity index (χ3n) is 3.63. The van der Waals surface area contributed by atoms with Gasteiger partial charge in [-0.2, -0.15) is 0 Å². The Labute approximate surface area is 165 Å². The number of aromatic nitrogens is 2. The summed E-state index contributed by atoms with van der Waals surface area (Å²) in [4.78, 5) is 0.308. The van der Waals surface area contributed by atoms with Gasteiger partial charge in [0.05, 0.1) is 10.6 Å². The number of benzene rings is 2. The van der Waals surface area contributed by atoms with E-state index in [0.29, 0.717) is 21.8 Å². The molecular formula is C18H17BrN2O3S2. The van der Waals surface area contributed by atoms with Crippen LogP contribution in [0.1, 0.15) is 11.1 Å². The van der Waals surface area contributed by atoms with Crippen molar-refractivity contribution in [1.29, 1.82) is 0 Å². The molecule has 0 bridgehead atoms. The second kappa shape index (κ2) is 7.94. The van der Waals surface area contributed by atoms with Crippen LogP contribution in [-0.2, 0) is 9.84 Å². The molecule has 0 amide bonds. The number of rotatable bonds is 6. The molecule has 0 atom stereocenters. The molecule has 5 nitrogen and oxygen atoms in total. The predicted molar refractivity (Wildman–Crippen MR) is 106 cm³/mol. The SMILES string of the molecule is Cc1cc(C)cc(-c2nnc(SCCS(=O)(=O)c3ccc(Br)cc3)o2)c1. The Hall–Kier alpha value is -1.64. The Morgan fingerprint density at radius 3 is 2.35 bits per heavy atom. The van der Waals surface area contributed by atoms with E-state index in [-0.39, 0.29) is 5.75 Å². The maximum absolute atomic E-state index is 12.3. The number of hydrogen-bond donors (Lipinski definition) is 0. The molecule has 0 radical (unpaired) electrons. The van der Waals surface area contributed by atoms with Gasteiger partial charge in [-0.1, -0.05) is 44.9 Å². The van der Waals surface area contributed by atoms with Crippen molar-refractivity contribution in [2.24, 2.45) is 0 Å². The van der Waals surface area contributed by atoms with Crippen LogP contribution in [0.15, 0.2) is 61.5 Å². The molecule has 3 rings (SSSR count). The van der Waals surface area contributed by atoms with E-state index in [2.05, 4.69) is 32.2 Å². The number of halogens is 1. The van der Waals surface area contributed by atoms with Crippen molar-refractivity contribution in [3.05, 3.63) is 58.1 Å². The molecule has 0 unspecified atom stereocenters. The van der Waals surface area contributed by atoms with Crippen LogP contribution in [-0.4, -0.2) is 30.1 Å². The Morgan fingerprint density at radius 2 is 1.69 bits per heavy atom. The summed E-state index contributed by atoms with van der Waals surface area (Å²) < 4.78 is 31.2. The highest BCUT2D eigenvalue weighted by Gasteiger charge is 2.16. The maximum Gasteiger partial charge on any atom is 0.276 e. The molecule has 0 fully saturated rings. The van der Waals surface area contributed by atoms with Gasteiger partial charge in [0, 0.05) is 15.8 Å². The van der Waals surface area contributed by atoms with E-state index in [4.69, 9.17) is 4.42 Å². The van der Waals surface area contributed by atoms with Crippen LogP contribution >= 0.6 is 27.7 Å². The quantitative estimate of drug-likeness (QED) is 0.505. The molecular weight excluding hydrogens is 436 g/mol. The first-order valence-electron chi connectivity index (χ1n) is 7.87. The summed E-state index contributed by atoms with van der Waals surface area (Å²) in [6, 6.07) is 12.6. The van der Waals surface area contributed by atoms with Gasteiger partial charge in [-0.05, 0) is 50.2 Å². The topological polar surface area (TPSA) is 73.1 Å². The summed E-state index contributed by atoms with van der Waals surface area (Å²) in [5.74, 6) is 0.781. The molecule has 0 spiro atoms. The van der Waals surface area contributed by atoms with Crippen molar-refractivity contribution in [3.8, 4) is 11.5 Å². The first-order chi connectivity index (χ1) is 12.3. The van der Waals surface area contributed by atoms with Crippen molar-refractivity contribution in [2.45, 2.75) is 24.0 Å². The number of sulfone groups is 1. The molecule has 26 heavy (non-hydrogen) atoms. The van der Waals surface area contributed by atoms with E-state index in [9.17, 15) is 8.42 Å². The molecule has 1 aromatic heterocycles. The lowest BCUT2D eigenvalue weighted by molar-refractivity contribution is 0.466. The van der Waals surface area contributed by atoms with Gasteiger partial charge in [0.1, 0.15) is 0 Å². The summed E-state index contributed by atoms with van der Waals surface area (Å²) in [7, 11) is -3.34. The minimum atomic E-state index is -3.34. The molecule has 1 heterocycles. The van der Waals surface area contributed by atoms with Crippen LogP contribution in [0, 0.1) is 13.8 Å². The van der Waals surface area contributed by atoms with Crippen molar-refractivity contribution in [1.82, 2.24) is 10.2 Å². The van der Waals surface area contributed by atoms with E-state index >= 15 is 0 Å². The maximum atomic E-state index is 12.3. The molecule has 0 saturated heterocycles. The van der Waals surface area contributed by atoms with Crippen LogP contribution < -0.4 is 0 Å². The van der Waals surface area contributed by atoms with Gasteiger partial charge in [-0.3, -0.25) is 0 Å². The Morgan fingerprint density at radius 1 is 1.04 bits per heavy atom. The molecule has 0 aliphatic carbocycles. The first kappa shape index (κ1) is 19.1. The second-order valence-corrected chi connectivity index (χ2v) is 9.94. The van der Waals surface area contributed by atoms with Crippen LogP contribution in [0.2, 0.25) is 0 Å². The smallest absolute Gasteiger partial charge is 0.276 e. The third kappa shape index (κ3) is 4.75. The van der Waals surface area contributed by atoms with Crippen LogP contribution in [0.4, 0.5) is 0 Å². The molecule has 0 aliphatic heterocycles. The van der Waals surface area contributed by atoms with Gasteiger partial charge in [0.2, 0.25) is 5.89 Å². The van der Waals surface area contributed by atoms with Crippen LogP contribution in [0.5, 0.6) is 0 Å². The first-order valence-corrected chi connectivity index (χ1v) is 11.3. The van der Waals surface area contributed by atoms with E-state index in [1.807, 2.05) is 26.0 Å². The largest absolute Gasteiger partial charge is 0.411 e. The summed E-state index contributed by atoms with van der Waals surface area (Å²) in [6.45, 7) is 4.02. The molecule has 0 saturated carbocycles. The zero-order valence-corrected chi connectivity index (χ0v) is 17.5. The standard InChI is InChI=1S/C18H17BrN2O3S2/c1-12-9-13(2)11-14(10-12)17-20-21-18(24-17)25-7-8-26(22,23)16-5-3-15(19)4-6-16/h3-6,9-11H,7-8H2,1-2H3. The zero-order chi connectivity index (χ0) is 18.7. The van der Waals surface area contributed by atoms with Gasteiger partial charge in [0.15, 0.2) is 9.84 Å². The monoisotopic (exact) mass is 452 g/mol. The van der Waals surface area contributed by atoms with E-state index in [1.54, 1.807) is 24.3 Å². The number of hydrogen-bond acceptors (Lipinski definition) is 6. The fraction of sp³-hybridized carbons (Fsp3) is 0.222. The Kier molecular flexibility index (Phi) is 5.84. The molecule has 136 valence electrons. The van der Waals surface area contributed by atoms with E-state index in [0.717, 1.165) is 21.2 Å². The van der Waals surface area contributed by atoms with Crippen molar-refractivity contribution >= 4 is 37.5 Å². The lowest BCUT2D eigenvalue weighted by Crippen LogP contribution is -2.08. The van der Waals surface area contributed by atoms with Gasteiger partial charge >= 0.3 is 0 Å². The molecule has 8 heteroatoms. The average molecular weight is 453 g/mol. The van der Waals surface area contributed by atoms with Crippen molar-refractivity contribution in [3.63, 3.8) is 0 Å². The third-order valence-corrected chi connectivity index (χ3v) is 6.96. The predicted octanol–water partition coefficient (Wildman–Crippen LogP) is 4.68. The highest BCUT2D eigenvalue weighted by Crippen LogP contribution is 2.25. The van der Waals surface area contributed by atoms with E-state index in [1.165, 1.54) is 11.8 Å². The number of aryl methyl sites for hydroxylation is 2. The van der Waals surface area contributed by atoms with Crippen molar-refractivity contribution in [2.75, 3.05) is 11.5 Å². The minimum Gasteiger partial charge on any atom is -0.411 e. The lowest BCUT2D eigenvalue weighted by atomic mass is 10.1. The lowest BCUT2D eigenvalue weighted by Gasteiger charge is -2.03. The number of thioether (sulfide) groups is 1. The average Bonchev–Trinajstić information content (AvgIpc) is 3.03. The molecule has 0 aliphatic rings. The summed E-state index contributed by atoms with van der Waals surface area (Å²) in [6.07, 6.45) is 0. The van der Waals surface area contributed by atoms with Gasteiger partial charge in [-0.25, -0.2) is 8.42 Å². The Bertz CT molecular complexity index is 995. The fourth-order valence-electron chi connectivity index (χ4n) is 2.48. The summed E-state index contributed by atoms with van der Waals surface area (Å²) in [5.41, 5.74) is 3.10. The minimum absolute atomic E-state index is 0.000561. The van der Waals surface area contributed by atoms with Gasteiger partial charge < -0.3 is 4.42 Å². The van der Waals surface area contributed by atoms with Crippen molar-refractivity contribution < 1.29 is 12.8 Å². The fourth-order valence-corrected chi connectivity index (χ4v) is 5.15. The molecule has 0 N–H and O–H groups in total. The van der Waals surface area contributed by atoms with Gasteiger partial charge in [0.25, 0.3) is 5.22 Å². The van der Waals surface area contributed by atoms with Crippen LogP contribution in [0.25, 0.3) is 11.5 Å².